The summed E-state index contributed by atoms with van der Waals surface area (Å²) in [6, 6.07) is 5.92. The van der Waals surface area contributed by atoms with E-state index in [4.69, 9.17) is 9.47 Å². The van der Waals surface area contributed by atoms with Crippen LogP contribution in [0.1, 0.15) is 10.4 Å². The molecule has 1 aromatic carbocycles. The number of rotatable bonds is 8. The average Bonchev–Trinajstić information content (AvgIpc) is 2.76. The lowest BCUT2D eigenvalue weighted by atomic mass is 10.2. The molecule has 0 saturated heterocycles. The molecular weight excluding hydrogens is 336 g/mol. The number of carbonyl (C=O) groups excluding carboxylic acids is 2. The molecule has 24 heavy (non-hydrogen) atoms. The number of methoxy groups -OCH3 is 2. The molecule has 2 amide bonds. The third-order valence-corrected chi connectivity index (χ3v) is 5.46. The summed E-state index contributed by atoms with van der Waals surface area (Å²) in [7, 11) is -0.983. The quantitative estimate of drug-likeness (QED) is 0.648. The summed E-state index contributed by atoms with van der Waals surface area (Å²) in [5.41, 5.74) is 0.0885. The maximum atomic E-state index is 12.5. The van der Waals surface area contributed by atoms with E-state index >= 15 is 0 Å². The molecule has 9 heteroatoms. The number of hydrogen-bond donors (Lipinski definition) is 0. The molecule has 1 heterocycles. The first-order chi connectivity index (χ1) is 11.4. The van der Waals surface area contributed by atoms with Gasteiger partial charge in [-0.25, -0.2) is 12.7 Å². The van der Waals surface area contributed by atoms with Crippen molar-refractivity contribution < 1.29 is 27.5 Å². The Bertz CT molecular complexity index is 710. The molecule has 0 atom stereocenters. The van der Waals surface area contributed by atoms with Crippen molar-refractivity contribution in [1.29, 1.82) is 0 Å². The largest absolute Gasteiger partial charge is 0.383 e. The van der Waals surface area contributed by atoms with Crippen LogP contribution in [0.5, 0.6) is 0 Å². The molecule has 1 aromatic rings. The first kappa shape index (κ1) is 18.4. The van der Waals surface area contributed by atoms with Crippen molar-refractivity contribution in [2.75, 3.05) is 47.1 Å². The van der Waals surface area contributed by atoms with Crippen LogP contribution in [0.25, 0.3) is 0 Å². The maximum Gasteiger partial charge on any atom is 0.269 e. The summed E-state index contributed by atoms with van der Waals surface area (Å²) in [5.74, 6) is -1.16. The van der Waals surface area contributed by atoms with Gasteiger partial charge in [0, 0.05) is 27.3 Å². The number of sulfonamides is 1. The highest BCUT2D eigenvalue weighted by Gasteiger charge is 2.42. The second kappa shape index (κ2) is 7.73. The van der Waals surface area contributed by atoms with E-state index in [-0.39, 0.29) is 23.5 Å². The van der Waals surface area contributed by atoms with Crippen molar-refractivity contribution in [2.24, 2.45) is 0 Å². The van der Waals surface area contributed by atoms with E-state index in [2.05, 4.69) is 0 Å². The van der Waals surface area contributed by atoms with Gasteiger partial charge in [0.15, 0.2) is 0 Å². The summed E-state index contributed by atoms with van der Waals surface area (Å²) >= 11 is 0. The van der Waals surface area contributed by atoms with Gasteiger partial charge < -0.3 is 14.4 Å². The van der Waals surface area contributed by atoms with Gasteiger partial charge in [-0.2, -0.15) is 0 Å². The molecule has 0 N–H and O–H groups in total. The molecule has 132 valence electrons. The minimum Gasteiger partial charge on any atom is -0.383 e. The van der Waals surface area contributed by atoms with Crippen LogP contribution in [0.4, 0.5) is 0 Å². The Kier molecular flexibility index (Phi) is 5.92. The summed E-state index contributed by atoms with van der Waals surface area (Å²) in [6.07, 6.45) is 0. The Labute approximate surface area is 141 Å². The van der Waals surface area contributed by atoms with Gasteiger partial charge in [-0.1, -0.05) is 12.1 Å². The second-order valence-electron chi connectivity index (χ2n) is 5.18. The molecule has 0 aliphatic carbocycles. The molecule has 8 nitrogen and oxygen atoms in total. The zero-order valence-electron chi connectivity index (χ0n) is 13.6. The van der Waals surface area contributed by atoms with Gasteiger partial charge in [0.2, 0.25) is 5.91 Å². The average molecular weight is 356 g/mol. The molecule has 1 aliphatic rings. The fourth-order valence-electron chi connectivity index (χ4n) is 2.37. The van der Waals surface area contributed by atoms with Gasteiger partial charge in [-0.05, 0) is 12.1 Å². The Morgan fingerprint density at radius 3 is 2.25 bits per heavy atom. The number of benzene rings is 1. The second-order valence-corrected chi connectivity index (χ2v) is 7.01. The van der Waals surface area contributed by atoms with E-state index in [0.717, 1.165) is 0 Å². The van der Waals surface area contributed by atoms with E-state index in [1.54, 1.807) is 12.1 Å². The van der Waals surface area contributed by atoms with Gasteiger partial charge in [0.25, 0.3) is 15.9 Å². The van der Waals surface area contributed by atoms with Gasteiger partial charge in [0.1, 0.15) is 11.4 Å². The zero-order valence-corrected chi connectivity index (χ0v) is 14.4. The Morgan fingerprint density at radius 1 is 1.12 bits per heavy atom. The first-order valence-corrected chi connectivity index (χ1v) is 8.79. The van der Waals surface area contributed by atoms with Crippen LogP contribution in [0, 0.1) is 0 Å². The molecule has 0 aromatic heterocycles. The molecule has 2 rings (SSSR count). The predicted octanol–water partition coefficient (Wildman–Crippen LogP) is -0.0475. The fraction of sp³-hybridized carbons (Fsp3) is 0.467. The third kappa shape index (κ3) is 3.58. The van der Waals surface area contributed by atoms with E-state index < -0.39 is 28.4 Å². The smallest absolute Gasteiger partial charge is 0.269 e. The highest BCUT2D eigenvalue weighted by atomic mass is 32.2. The normalized spacial score (nSPS) is 15.4. The lowest BCUT2D eigenvalue weighted by Gasteiger charge is -2.24. The molecule has 0 bridgehead atoms. The van der Waals surface area contributed by atoms with Gasteiger partial charge in [-0.15, -0.1) is 0 Å². The Hall–Kier alpha value is -1.97. The van der Waals surface area contributed by atoms with E-state index in [9.17, 15) is 18.0 Å². The van der Waals surface area contributed by atoms with Crippen molar-refractivity contribution in [3.05, 3.63) is 29.8 Å². The van der Waals surface area contributed by atoms with Gasteiger partial charge in [0.05, 0.1) is 18.8 Å². The molecule has 0 fully saturated rings. The SMILES string of the molecule is COCCN(CCOC)C(=O)CN1C(=O)c2ccccc2S1(=O)=O. The molecule has 0 unspecified atom stereocenters. The van der Waals surface area contributed by atoms with Gasteiger partial charge >= 0.3 is 0 Å². The van der Waals surface area contributed by atoms with Crippen LogP contribution in [0.3, 0.4) is 0 Å². The Balaban J connectivity index is 2.17. The van der Waals surface area contributed by atoms with Crippen LogP contribution in [-0.4, -0.2) is 76.5 Å². The minimum atomic E-state index is -3.99. The van der Waals surface area contributed by atoms with E-state index in [1.807, 2.05) is 0 Å². The molecular formula is C15H20N2O6S. The summed E-state index contributed by atoms with van der Waals surface area (Å²) in [5, 5.41) is 0. The van der Waals surface area contributed by atoms with Crippen LogP contribution >= 0.6 is 0 Å². The monoisotopic (exact) mass is 356 g/mol. The van der Waals surface area contributed by atoms with Crippen LogP contribution in [0.2, 0.25) is 0 Å². The summed E-state index contributed by atoms with van der Waals surface area (Å²) in [4.78, 5) is 26.1. The van der Waals surface area contributed by atoms with E-state index in [0.29, 0.717) is 17.5 Å². The summed E-state index contributed by atoms with van der Waals surface area (Å²) < 4.78 is 35.5. The predicted molar refractivity (Wildman–Crippen MR) is 85.0 cm³/mol. The van der Waals surface area contributed by atoms with E-state index in [1.165, 1.54) is 31.3 Å². The number of fused-ring (bicyclic) bond motifs is 1. The Morgan fingerprint density at radius 2 is 1.71 bits per heavy atom. The van der Waals surface area contributed by atoms with Crippen molar-refractivity contribution in [1.82, 2.24) is 9.21 Å². The number of nitrogens with zero attached hydrogens (tertiary/aromatic N) is 2. The maximum absolute atomic E-state index is 12.5. The molecule has 1 aliphatic heterocycles. The van der Waals surface area contributed by atoms with Crippen LogP contribution in [-0.2, 0) is 24.3 Å². The molecule has 0 spiro atoms. The number of amides is 2. The minimum absolute atomic E-state index is 0.0665. The lowest BCUT2D eigenvalue weighted by molar-refractivity contribution is -0.132. The van der Waals surface area contributed by atoms with Crippen LogP contribution < -0.4 is 0 Å². The van der Waals surface area contributed by atoms with Crippen molar-refractivity contribution >= 4 is 21.8 Å². The highest BCUT2D eigenvalue weighted by Crippen LogP contribution is 2.29. The number of ether oxygens (including phenoxy) is 2. The first-order valence-electron chi connectivity index (χ1n) is 7.35. The lowest BCUT2D eigenvalue weighted by Crippen LogP contribution is -2.44. The number of carbonyl (C=O) groups is 2. The highest BCUT2D eigenvalue weighted by molar-refractivity contribution is 7.90. The zero-order chi connectivity index (χ0) is 17.7. The summed E-state index contributed by atoms with van der Waals surface area (Å²) in [6.45, 7) is 0.636. The van der Waals surface area contributed by atoms with Gasteiger partial charge in [-0.3, -0.25) is 9.59 Å². The number of hydrogen-bond acceptors (Lipinski definition) is 6. The third-order valence-electron chi connectivity index (χ3n) is 3.67. The topological polar surface area (TPSA) is 93.2 Å². The van der Waals surface area contributed by atoms with Crippen molar-refractivity contribution in [2.45, 2.75) is 4.90 Å². The van der Waals surface area contributed by atoms with Crippen LogP contribution in [0.15, 0.2) is 29.2 Å². The molecule has 0 saturated carbocycles. The van der Waals surface area contributed by atoms with Crippen molar-refractivity contribution in [3.63, 3.8) is 0 Å². The standard InChI is InChI=1S/C15H20N2O6S/c1-22-9-7-16(8-10-23-2)14(18)11-17-15(19)12-5-3-4-6-13(12)24(17,20)21/h3-6H,7-11H2,1-2H3. The molecule has 0 radical (unpaired) electrons. The van der Waals surface area contributed by atoms with Crippen molar-refractivity contribution in [3.8, 4) is 0 Å². The fourth-order valence-corrected chi connectivity index (χ4v) is 3.89.